The zero-order valence-electron chi connectivity index (χ0n) is 5.06. The molecule has 0 bridgehead atoms. The van der Waals surface area contributed by atoms with Crippen molar-refractivity contribution in [3.05, 3.63) is 19.1 Å². The van der Waals surface area contributed by atoms with Crippen molar-refractivity contribution in [3.8, 4) is 0 Å². The molecular weight excluding hydrogens is 98.1 g/mol. The summed E-state index contributed by atoms with van der Waals surface area (Å²) in [6.45, 7) is 5.96. The Bertz CT molecular complexity index is 80.4. The molecule has 0 aromatic carbocycles. The Morgan fingerprint density at radius 3 is 3.00 bits per heavy atom. The molecule has 1 aliphatic heterocycles. The quantitative estimate of drug-likeness (QED) is 0.530. The first-order valence-electron chi connectivity index (χ1n) is 3.10. The first kappa shape index (κ1) is 5.83. The predicted molar refractivity (Wildman–Crippen MR) is 35.5 cm³/mol. The molecule has 0 saturated carbocycles. The minimum Gasteiger partial charge on any atom is -0.316 e. The molecule has 45 valence electrons. The topological polar surface area (TPSA) is 12.0 Å². The fourth-order valence-electron chi connectivity index (χ4n) is 1.03. The minimum atomic E-state index is 0.757. The van der Waals surface area contributed by atoms with Gasteiger partial charge in [0.2, 0.25) is 0 Å². The summed E-state index contributed by atoms with van der Waals surface area (Å²) in [5.74, 6) is 0.757. The Kier molecular flexibility index (Phi) is 2.10. The first-order chi connectivity index (χ1) is 3.93. The number of allylic oxidation sites excluding steroid dienone is 1. The standard InChI is InChI=1S/C7H12N/c1-2-3-7-4-5-8-6-7/h2-3,7-8H,1,4-6H2/b3-2+. The Labute approximate surface area is 50.8 Å². The van der Waals surface area contributed by atoms with Crippen LogP contribution in [0.25, 0.3) is 0 Å². The van der Waals surface area contributed by atoms with Crippen LogP contribution in [0.2, 0.25) is 0 Å². The molecule has 1 N–H and O–H groups in total. The predicted octanol–water partition coefficient (Wildman–Crippen LogP) is 0.986. The second kappa shape index (κ2) is 2.88. The van der Waals surface area contributed by atoms with Crippen molar-refractivity contribution in [1.82, 2.24) is 5.32 Å². The summed E-state index contributed by atoms with van der Waals surface area (Å²) in [6, 6.07) is 0. The van der Waals surface area contributed by atoms with Gasteiger partial charge in [-0.3, -0.25) is 0 Å². The normalized spacial score (nSPS) is 29.9. The zero-order valence-corrected chi connectivity index (χ0v) is 5.06. The number of nitrogens with one attached hydrogen (secondary N) is 1. The van der Waals surface area contributed by atoms with Gasteiger partial charge in [-0.25, -0.2) is 0 Å². The third-order valence-electron chi connectivity index (χ3n) is 1.51. The fourth-order valence-corrected chi connectivity index (χ4v) is 1.03. The van der Waals surface area contributed by atoms with E-state index in [0.717, 1.165) is 12.5 Å². The third kappa shape index (κ3) is 1.34. The van der Waals surface area contributed by atoms with E-state index in [4.69, 9.17) is 0 Å². The first-order valence-corrected chi connectivity index (χ1v) is 3.10. The van der Waals surface area contributed by atoms with Gasteiger partial charge in [-0.2, -0.15) is 0 Å². The van der Waals surface area contributed by atoms with Crippen molar-refractivity contribution in [2.75, 3.05) is 13.1 Å². The Balaban J connectivity index is 2.24. The Morgan fingerprint density at radius 2 is 2.50 bits per heavy atom. The molecule has 1 nitrogen and oxygen atoms in total. The maximum Gasteiger partial charge on any atom is 0.00146 e. The summed E-state index contributed by atoms with van der Waals surface area (Å²) in [6.07, 6.45) is 5.34. The van der Waals surface area contributed by atoms with Crippen molar-refractivity contribution >= 4 is 0 Å². The summed E-state index contributed by atoms with van der Waals surface area (Å²) >= 11 is 0. The molecule has 1 radical (unpaired) electrons. The van der Waals surface area contributed by atoms with Crippen LogP contribution in [0.3, 0.4) is 0 Å². The van der Waals surface area contributed by atoms with Crippen LogP contribution in [0.1, 0.15) is 6.42 Å². The molecule has 0 aromatic rings. The van der Waals surface area contributed by atoms with Crippen LogP contribution in [0, 0.1) is 12.8 Å². The molecule has 0 amide bonds. The van der Waals surface area contributed by atoms with Gasteiger partial charge in [-0.05, 0) is 25.8 Å². The summed E-state index contributed by atoms with van der Waals surface area (Å²) in [5.41, 5.74) is 0. The molecular formula is C7H12N. The highest BCUT2D eigenvalue weighted by Gasteiger charge is 2.08. The van der Waals surface area contributed by atoms with Crippen LogP contribution >= 0.6 is 0 Å². The van der Waals surface area contributed by atoms with Gasteiger partial charge >= 0.3 is 0 Å². The summed E-state index contributed by atoms with van der Waals surface area (Å²) in [7, 11) is 0. The highest BCUT2D eigenvalue weighted by molar-refractivity contribution is 4.93. The monoisotopic (exact) mass is 110 g/mol. The average molecular weight is 110 g/mol. The lowest BCUT2D eigenvalue weighted by Crippen LogP contribution is -2.07. The van der Waals surface area contributed by atoms with Gasteiger partial charge in [-0.1, -0.05) is 12.2 Å². The fraction of sp³-hybridized carbons (Fsp3) is 0.571. The number of hydrogen-bond acceptors (Lipinski definition) is 1. The lowest BCUT2D eigenvalue weighted by molar-refractivity contribution is 0.728. The molecule has 1 rings (SSSR count). The van der Waals surface area contributed by atoms with Crippen molar-refractivity contribution in [3.63, 3.8) is 0 Å². The van der Waals surface area contributed by atoms with E-state index in [9.17, 15) is 0 Å². The SMILES string of the molecule is [CH2]/C=C/C1CCNC1. The van der Waals surface area contributed by atoms with E-state index in [2.05, 4.69) is 18.3 Å². The van der Waals surface area contributed by atoms with Crippen LogP contribution < -0.4 is 5.32 Å². The van der Waals surface area contributed by atoms with Crippen LogP contribution in [-0.2, 0) is 0 Å². The van der Waals surface area contributed by atoms with Gasteiger partial charge in [0, 0.05) is 6.54 Å². The van der Waals surface area contributed by atoms with Gasteiger partial charge in [0.15, 0.2) is 0 Å². The van der Waals surface area contributed by atoms with E-state index in [1.165, 1.54) is 13.0 Å². The molecule has 1 fully saturated rings. The van der Waals surface area contributed by atoms with Crippen molar-refractivity contribution in [1.29, 1.82) is 0 Å². The molecule has 0 aliphatic carbocycles. The molecule has 8 heavy (non-hydrogen) atoms. The Morgan fingerprint density at radius 1 is 1.62 bits per heavy atom. The Hall–Kier alpha value is -0.300. The largest absolute Gasteiger partial charge is 0.316 e. The lowest BCUT2D eigenvalue weighted by Gasteiger charge is -1.95. The van der Waals surface area contributed by atoms with E-state index >= 15 is 0 Å². The molecule has 0 spiro atoms. The molecule has 1 heteroatoms. The van der Waals surface area contributed by atoms with Crippen LogP contribution in [0.15, 0.2) is 12.2 Å². The summed E-state index contributed by atoms with van der Waals surface area (Å²) in [5, 5.41) is 3.28. The minimum absolute atomic E-state index is 0.757. The number of hydrogen-bond donors (Lipinski definition) is 1. The molecule has 1 unspecified atom stereocenters. The number of rotatable bonds is 1. The smallest absolute Gasteiger partial charge is 0.00146 e. The van der Waals surface area contributed by atoms with Crippen molar-refractivity contribution in [2.45, 2.75) is 6.42 Å². The van der Waals surface area contributed by atoms with Crippen molar-refractivity contribution < 1.29 is 0 Å². The highest BCUT2D eigenvalue weighted by Crippen LogP contribution is 2.07. The highest BCUT2D eigenvalue weighted by atomic mass is 14.9. The van der Waals surface area contributed by atoms with Crippen molar-refractivity contribution in [2.24, 2.45) is 5.92 Å². The molecule has 1 saturated heterocycles. The van der Waals surface area contributed by atoms with Crippen LogP contribution in [0.5, 0.6) is 0 Å². The average Bonchev–Trinajstić information content (AvgIpc) is 2.19. The van der Waals surface area contributed by atoms with Gasteiger partial charge in [0.25, 0.3) is 0 Å². The third-order valence-corrected chi connectivity index (χ3v) is 1.51. The van der Waals surface area contributed by atoms with E-state index in [1.54, 1.807) is 0 Å². The molecule has 1 aliphatic rings. The zero-order chi connectivity index (χ0) is 5.82. The van der Waals surface area contributed by atoms with Crippen LogP contribution in [-0.4, -0.2) is 13.1 Å². The van der Waals surface area contributed by atoms with Crippen LogP contribution in [0.4, 0.5) is 0 Å². The van der Waals surface area contributed by atoms with Gasteiger partial charge in [0.1, 0.15) is 0 Å². The summed E-state index contributed by atoms with van der Waals surface area (Å²) in [4.78, 5) is 0. The van der Waals surface area contributed by atoms with Gasteiger partial charge < -0.3 is 5.32 Å². The second-order valence-corrected chi connectivity index (χ2v) is 2.18. The van der Waals surface area contributed by atoms with Gasteiger partial charge in [0.05, 0.1) is 0 Å². The second-order valence-electron chi connectivity index (χ2n) is 2.18. The maximum absolute atomic E-state index is 3.64. The van der Waals surface area contributed by atoms with E-state index in [1.807, 2.05) is 6.08 Å². The maximum atomic E-state index is 3.64. The summed E-state index contributed by atoms with van der Waals surface area (Å²) < 4.78 is 0. The van der Waals surface area contributed by atoms with E-state index in [0.29, 0.717) is 0 Å². The van der Waals surface area contributed by atoms with E-state index < -0.39 is 0 Å². The molecule has 1 atom stereocenters. The molecule has 1 heterocycles. The molecule has 0 aromatic heterocycles. The van der Waals surface area contributed by atoms with E-state index in [-0.39, 0.29) is 0 Å². The lowest BCUT2D eigenvalue weighted by atomic mass is 10.1. The van der Waals surface area contributed by atoms with Gasteiger partial charge in [-0.15, -0.1) is 0 Å².